The molecule has 1 saturated heterocycles. The van der Waals surface area contributed by atoms with E-state index < -0.39 is 11.9 Å². The lowest BCUT2D eigenvalue weighted by molar-refractivity contribution is -0.141. The fourth-order valence-corrected chi connectivity index (χ4v) is 3.27. The largest absolute Gasteiger partial charge is 0.481 e. The van der Waals surface area contributed by atoms with Gasteiger partial charge >= 0.3 is 5.97 Å². The third-order valence-electron chi connectivity index (χ3n) is 4.47. The molecule has 112 valence electrons. The van der Waals surface area contributed by atoms with E-state index in [0.717, 1.165) is 30.6 Å². The predicted molar refractivity (Wildman–Crippen MR) is 77.8 cm³/mol. The van der Waals surface area contributed by atoms with Crippen LogP contribution >= 0.6 is 0 Å². The molecule has 2 heterocycles. The van der Waals surface area contributed by atoms with Crippen LogP contribution in [0.25, 0.3) is 0 Å². The Hall–Kier alpha value is -1.88. The van der Waals surface area contributed by atoms with E-state index in [1.165, 1.54) is 0 Å². The van der Waals surface area contributed by atoms with Crippen molar-refractivity contribution in [3.63, 3.8) is 0 Å². The normalized spacial score (nSPS) is 24.7. The average Bonchev–Trinajstić information content (AvgIpc) is 2.98. The van der Waals surface area contributed by atoms with E-state index in [9.17, 15) is 14.7 Å². The number of hydrogen-bond donors (Lipinski definition) is 2. The van der Waals surface area contributed by atoms with Crippen molar-refractivity contribution in [3.8, 4) is 0 Å². The maximum Gasteiger partial charge on any atom is 0.312 e. The van der Waals surface area contributed by atoms with Crippen molar-refractivity contribution in [2.24, 2.45) is 5.92 Å². The highest BCUT2D eigenvalue weighted by atomic mass is 16.4. The molecule has 5 heteroatoms. The summed E-state index contributed by atoms with van der Waals surface area (Å²) in [7, 11) is 0. The number of aliphatic carboxylic acids is 1. The molecule has 2 unspecified atom stereocenters. The Morgan fingerprint density at radius 2 is 2.14 bits per heavy atom. The molecule has 0 saturated carbocycles. The summed E-state index contributed by atoms with van der Waals surface area (Å²) in [5.74, 6) is -1.01. The minimum absolute atomic E-state index is 0.0736. The summed E-state index contributed by atoms with van der Waals surface area (Å²) in [6, 6.07) is 7.53. The van der Waals surface area contributed by atoms with Crippen LogP contribution in [0.5, 0.6) is 0 Å². The Morgan fingerprint density at radius 3 is 2.86 bits per heavy atom. The van der Waals surface area contributed by atoms with Crippen molar-refractivity contribution >= 4 is 11.9 Å². The topological polar surface area (TPSA) is 69.6 Å². The highest BCUT2D eigenvalue weighted by Crippen LogP contribution is 2.29. The summed E-state index contributed by atoms with van der Waals surface area (Å²) < 4.78 is 0. The first-order chi connectivity index (χ1) is 10.1. The molecule has 0 bridgehead atoms. The van der Waals surface area contributed by atoms with Gasteiger partial charge in [-0.05, 0) is 36.6 Å². The number of carboxylic acids is 1. The minimum Gasteiger partial charge on any atom is -0.481 e. The number of hydrogen-bond acceptors (Lipinski definition) is 3. The van der Waals surface area contributed by atoms with Crippen LogP contribution in [0.3, 0.4) is 0 Å². The highest BCUT2D eigenvalue weighted by Gasteiger charge is 2.33. The van der Waals surface area contributed by atoms with Gasteiger partial charge in [0.2, 0.25) is 5.91 Å². The first-order valence-electron chi connectivity index (χ1n) is 7.44. The lowest BCUT2D eigenvalue weighted by Crippen LogP contribution is -2.41. The van der Waals surface area contributed by atoms with Crippen molar-refractivity contribution < 1.29 is 14.7 Å². The summed E-state index contributed by atoms with van der Waals surface area (Å²) in [4.78, 5) is 25.6. The van der Waals surface area contributed by atoms with E-state index in [4.69, 9.17) is 0 Å². The summed E-state index contributed by atoms with van der Waals surface area (Å²) in [6.45, 7) is 2.67. The third-order valence-corrected chi connectivity index (χ3v) is 4.47. The summed E-state index contributed by atoms with van der Waals surface area (Å²) >= 11 is 0. The molecule has 3 rings (SSSR count). The minimum atomic E-state index is -0.859. The van der Waals surface area contributed by atoms with Crippen LogP contribution in [0.15, 0.2) is 24.3 Å². The second-order valence-electron chi connectivity index (χ2n) is 5.93. The van der Waals surface area contributed by atoms with Crippen LogP contribution in [-0.4, -0.2) is 41.5 Å². The molecule has 0 radical (unpaired) electrons. The van der Waals surface area contributed by atoms with E-state index in [2.05, 4.69) is 5.32 Å². The molecule has 2 atom stereocenters. The SMILES string of the molecule is O=C(O)C1CN(C(=O)CC2CCNC2)Cc2ccccc21. The van der Waals surface area contributed by atoms with Gasteiger partial charge in [-0.1, -0.05) is 24.3 Å². The van der Waals surface area contributed by atoms with Gasteiger partial charge in [0.1, 0.15) is 0 Å². The molecule has 0 spiro atoms. The van der Waals surface area contributed by atoms with Crippen molar-refractivity contribution in [1.29, 1.82) is 0 Å². The summed E-state index contributed by atoms with van der Waals surface area (Å²) in [5.41, 5.74) is 1.80. The van der Waals surface area contributed by atoms with Crippen LogP contribution in [-0.2, 0) is 16.1 Å². The number of carboxylic acid groups (broad SMARTS) is 1. The first-order valence-corrected chi connectivity index (χ1v) is 7.44. The van der Waals surface area contributed by atoms with E-state index in [1.807, 2.05) is 24.3 Å². The fourth-order valence-electron chi connectivity index (χ4n) is 3.27. The van der Waals surface area contributed by atoms with E-state index >= 15 is 0 Å². The van der Waals surface area contributed by atoms with Crippen molar-refractivity contribution in [2.75, 3.05) is 19.6 Å². The zero-order valence-electron chi connectivity index (χ0n) is 11.9. The number of amides is 1. The number of nitrogens with zero attached hydrogens (tertiary/aromatic N) is 1. The summed E-state index contributed by atoms with van der Waals surface area (Å²) in [5, 5.41) is 12.7. The van der Waals surface area contributed by atoms with Gasteiger partial charge in [-0.2, -0.15) is 0 Å². The standard InChI is InChI=1S/C16H20N2O3/c19-15(7-11-5-6-17-8-11)18-9-12-3-1-2-4-13(12)14(10-18)16(20)21/h1-4,11,14,17H,5-10H2,(H,20,21). The molecule has 1 aromatic rings. The molecule has 2 aliphatic rings. The number of carbonyl (C=O) groups is 2. The van der Waals surface area contributed by atoms with Gasteiger partial charge in [0.05, 0.1) is 5.92 Å². The van der Waals surface area contributed by atoms with Gasteiger partial charge in [-0.15, -0.1) is 0 Å². The molecular weight excluding hydrogens is 268 g/mol. The van der Waals surface area contributed by atoms with Crippen molar-refractivity contribution in [2.45, 2.75) is 25.3 Å². The number of fused-ring (bicyclic) bond motifs is 1. The Labute approximate surface area is 123 Å². The van der Waals surface area contributed by atoms with Crippen LogP contribution in [0.1, 0.15) is 29.9 Å². The molecule has 1 fully saturated rings. The fraction of sp³-hybridized carbons (Fsp3) is 0.500. The van der Waals surface area contributed by atoms with E-state index in [-0.39, 0.29) is 12.5 Å². The maximum absolute atomic E-state index is 12.4. The third kappa shape index (κ3) is 2.93. The van der Waals surface area contributed by atoms with Crippen LogP contribution in [0.4, 0.5) is 0 Å². The van der Waals surface area contributed by atoms with Gasteiger partial charge in [-0.3, -0.25) is 9.59 Å². The Kier molecular flexibility index (Phi) is 3.92. The van der Waals surface area contributed by atoms with E-state index in [0.29, 0.717) is 18.9 Å². The van der Waals surface area contributed by atoms with Crippen LogP contribution in [0.2, 0.25) is 0 Å². The quantitative estimate of drug-likeness (QED) is 0.877. The zero-order chi connectivity index (χ0) is 14.8. The molecule has 1 amide bonds. The number of rotatable bonds is 3. The van der Waals surface area contributed by atoms with Crippen molar-refractivity contribution in [3.05, 3.63) is 35.4 Å². The summed E-state index contributed by atoms with van der Waals surface area (Å²) in [6.07, 6.45) is 1.54. The van der Waals surface area contributed by atoms with E-state index in [1.54, 1.807) is 4.90 Å². The molecule has 0 aliphatic carbocycles. The molecule has 1 aromatic carbocycles. The zero-order valence-corrected chi connectivity index (χ0v) is 11.9. The Morgan fingerprint density at radius 1 is 1.33 bits per heavy atom. The predicted octanol–water partition coefficient (Wildman–Crippen LogP) is 1.20. The monoisotopic (exact) mass is 288 g/mol. The molecular formula is C16H20N2O3. The van der Waals surface area contributed by atoms with Gasteiger partial charge < -0.3 is 15.3 Å². The van der Waals surface area contributed by atoms with Crippen LogP contribution < -0.4 is 5.32 Å². The molecule has 21 heavy (non-hydrogen) atoms. The molecule has 2 aliphatic heterocycles. The van der Waals surface area contributed by atoms with Gasteiger partial charge in [0.25, 0.3) is 0 Å². The lowest BCUT2D eigenvalue weighted by atomic mass is 9.89. The van der Waals surface area contributed by atoms with Crippen molar-refractivity contribution in [1.82, 2.24) is 10.2 Å². The average molecular weight is 288 g/mol. The number of nitrogens with one attached hydrogen (secondary N) is 1. The second-order valence-corrected chi connectivity index (χ2v) is 5.93. The Bertz CT molecular complexity index is 552. The highest BCUT2D eigenvalue weighted by molar-refractivity contribution is 5.81. The molecule has 2 N–H and O–H groups in total. The number of carbonyl (C=O) groups excluding carboxylic acids is 1. The Balaban J connectivity index is 1.76. The smallest absolute Gasteiger partial charge is 0.312 e. The molecule has 0 aromatic heterocycles. The van der Waals surface area contributed by atoms with Crippen LogP contribution in [0, 0.1) is 5.92 Å². The second kappa shape index (κ2) is 5.85. The maximum atomic E-state index is 12.4. The van der Waals surface area contributed by atoms with Gasteiger partial charge in [0.15, 0.2) is 0 Å². The first kappa shape index (κ1) is 14.1. The number of benzene rings is 1. The van der Waals surface area contributed by atoms with Gasteiger partial charge in [0, 0.05) is 19.5 Å². The molecule has 5 nitrogen and oxygen atoms in total. The lowest BCUT2D eigenvalue weighted by Gasteiger charge is -2.33. The van der Waals surface area contributed by atoms with Gasteiger partial charge in [-0.25, -0.2) is 0 Å².